The fourth-order valence-electron chi connectivity index (χ4n) is 2.60. The lowest BCUT2D eigenvalue weighted by atomic mass is 10.1. The van der Waals surface area contributed by atoms with E-state index in [-0.39, 0.29) is 22.1 Å². The summed E-state index contributed by atoms with van der Waals surface area (Å²) in [6, 6.07) is -0.962. The van der Waals surface area contributed by atoms with Crippen LogP contribution in [0.4, 0.5) is 8.78 Å². The highest BCUT2D eigenvalue weighted by Gasteiger charge is 2.26. The predicted octanol–water partition coefficient (Wildman–Crippen LogP) is 3.37. The molecule has 132 valence electrons. The molecule has 2 aromatic heterocycles. The zero-order valence-corrected chi connectivity index (χ0v) is 15.7. The maximum atomic E-state index is 12.9. The third kappa shape index (κ3) is 3.50. The Hall–Kier alpha value is -1.77. The van der Waals surface area contributed by atoms with Gasteiger partial charge < -0.3 is 5.32 Å². The van der Waals surface area contributed by atoms with Crippen molar-refractivity contribution >= 4 is 21.8 Å². The van der Waals surface area contributed by atoms with Crippen molar-refractivity contribution in [3.8, 4) is 0 Å². The predicted molar refractivity (Wildman–Crippen MR) is 88.8 cm³/mol. The highest BCUT2D eigenvalue weighted by Crippen LogP contribution is 2.30. The summed E-state index contributed by atoms with van der Waals surface area (Å²) in [7, 11) is 1.81. The first-order valence-corrected chi connectivity index (χ1v) is 8.26. The number of nitrogens with one attached hydrogen (secondary N) is 1. The zero-order valence-electron chi connectivity index (χ0n) is 14.1. The van der Waals surface area contributed by atoms with Crippen molar-refractivity contribution < 1.29 is 13.6 Å². The van der Waals surface area contributed by atoms with Gasteiger partial charge in [-0.1, -0.05) is 0 Å². The van der Waals surface area contributed by atoms with Gasteiger partial charge in [-0.3, -0.25) is 14.2 Å². The van der Waals surface area contributed by atoms with Gasteiger partial charge in [-0.05, 0) is 43.6 Å². The quantitative estimate of drug-likeness (QED) is 0.831. The van der Waals surface area contributed by atoms with Gasteiger partial charge in [0.15, 0.2) is 0 Å². The molecular weight excluding hydrogens is 384 g/mol. The van der Waals surface area contributed by atoms with E-state index in [1.165, 1.54) is 4.68 Å². The second-order valence-corrected chi connectivity index (χ2v) is 6.57. The van der Waals surface area contributed by atoms with Crippen molar-refractivity contribution in [2.24, 2.45) is 7.05 Å². The molecule has 1 amide bonds. The number of aryl methyl sites for hydroxylation is 2. The van der Waals surface area contributed by atoms with Crippen LogP contribution in [-0.2, 0) is 11.8 Å². The molecule has 2 atom stereocenters. The number of carbonyl (C=O) groups is 1. The second-order valence-electron chi connectivity index (χ2n) is 5.78. The van der Waals surface area contributed by atoms with E-state index in [1.54, 1.807) is 18.5 Å². The van der Waals surface area contributed by atoms with Crippen molar-refractivity contribution in [3.05, 3.63) is 33.3 Å². The van der Waals surface area contributed by atoms with Gasteiger partial charge in [0.1, 0.15) is 11.7 Å². The minimum atomic E-state index is -2.70. The van der Waals surface area contributed by atoms with Crippen LogP contribution >= 0.6 is 15.9 Å². The Kier molecular flexibility index (Phi) is 5.42. The number of hydrogen-bond acceptors (Lipinski definition) is 3. The number of halogens is 3. The molecule has 2 heterocycles. The number of alkyl halides is 2. The molecule has 0 aliphatic carbocycles. The van der Waals surface area contributed by atoms with Crippen molar-refractivity contribution in [2.45, 2.75) is 46.2 Å². The van der Waals surface area contributed by atoms with E-state index in [0.717, 1.165) is 11.3 Å². The fraction of sp³-hybridized carbons (Fsp3) is 0.533. The minimum Gasteiger partial charge on any atom is -0.348 e. The number of hydrogen-bond donors (Lipinski definition) is 1. The van der Waals surface area contributed by atoms with Crippen molar-refractivity contribution in [3.63, 3.8) is 0 Å². The van der Waals surface area contributed by atoms with Crippen LogP contribution < -0.4 is 5.32 Å². The molecule has 6 nitrogen and oxygen atoms in total. The highest BCUT2D eigenvalue weighted by atomic mass is 79.9. The fourth-order valence-corrected chi connectivity index (χ4v) is 3.04. The van der Waals surface area contributed by atoms with E-state index < -0.39 is 12.5 Å². The Morgan fingerprint density at radius 1 is 1.29 bits per heavy atom. The minimum absolute atomic E-state index is 0.230. The number of amides is 1. The average Bonchev–Trinajstić information content (AvgIpc) is 2.98. The molecule has 0 unspecified atom stereocenters. The van der Waals surface area contributed by atoms with Gasteiger partial charge in [-0.2, -0.15) is 10.2 Å². The van der Waals surface area contributed by atoms with Crippen molar-refractivity contribution in [1.82, 2.24) is 24.9 Å². The standard InChI is InChI=1S/C15H20BrF2N5O/c1-7(11-6-22(5)20-8(11)2)19-15(24)10(4)23-9(3)12(16)13(21-23)14(17)18/h6-7,10,14H,1-5H3,(H,19,24)/t7-,10+/m0/s1. The molecule has 2 rings (SSSR count). The summed E-state index contributed by atoms with van der Waals surface area (Å²) in [6.45, 7) is 6.98. The summed E-state index contributed by atoms with van der Waals surface area (Å²) < 4.78 is 29.1. The average molecular weight is 404 g/mol. The van der Waals surface area contributed by atoms with E-state index >= 15 is 0 Å². The smallest absolute Gasteiger partial charge is 0.283 e. The molecule has 0 aliphatic rings. The first kappa shape index (κ1) is 18.6. The van der Waals surface area contributed by atoms with E-state index in [4.69, 9.17) is 0 Å². The number of nitrogens with zero attached hydrogens (tertiary/aromatic N) is 4. The van der Waals surface area contributed by atoms with Crippen molar-refractivity contribution in [2.75, 3.05) is 0 Å². The Balaban J connectivity index is 2.18. The third-order valence-corrected chi connectivity index (χ3v) is 4.91. The SMILES string of the molecule is Cc1nn(C)cc1[C@H](C)NC(=O)[C@@H](C)n1nc(C(F)F)c(Br)c1C. The van der Waals surface area contributed by atoms with Gasteiger partial charge >= 0.3 is 0 Å². The van der Waals surface area contributed by atoms with Gasteiger partial charge in [0.05, 0.1) is 21.9 Å². The van der Waals surface area contributed by atoms with Gasteiger partial charge in [0.25, 0.3) is 6.43 Å². The summed E-state index contributed by atoms with van der Waals surface area (Å²) >= 11 is 3.11. The number of aromatic nitrogens is 4. The molecule has 0 aromatic carbocycles. The Bertz CT molecular complexity index is 755. The molecule has 1 N–H and O–H groups in total. The largest absolute Gasteiger partial charge is 0.348 e. The Morgan fingerprint density at radius 2 is 1.92 bits per heavy atom. The summed E-state index contributed by atoms with van der Waals surface area (Å²) in [5, 5.41) is 11.0. The zero-order chi connectivity index (χ0) is 18.2. The first-order chi connectivity index (χ1) is 11.1. The molecule has 2 aromatic rings. The summed E-state index contributed by atoms with van der Waals surface area (Å²) in [5.41, 5.74) is 1.86. The first-order valence-electron chi connectivity index (χ1n) is 7.46. The van der Waals surface area contributed by atoms with Crippen LogP contribution in [0.15, 0.2) is 10.7 Å². The molecule has 9 heteroatoms. The summed E-state index contributed by atoms with van der Waals surface area (Å²) in [5.74, 6) is -0.301. The van der Waals surface area contributed by atoms with Crippen LogP contribution in [0, 0.1) is 13.8 Å². The molecule has 0 aliphatic heterocycles. The molecule has 0 fully saturated rings. The topological polar surface area (TPSA) is 64.7 Å². The molecule has 24 heavy (non-hydrogen) atoms. The molecule has 0 bridgehead atoms. The van der Waals surface area contributed by atoms with E-state index in [1.807, 2.05) is 27.1 Å². The summed E-state index contributed by atoms with van der Waals surface area (Å²) in [4.78, 5) is 12.5. The number of carbonyl (C=O) groups excluding carboxylic acids is 1. The van der Waals surface area contributed by atoms with Gasteiger partial charge in [-0.25, -0.2) is 8.78 Å². The third-order valence-electron chi connectivity index (χ3n) is 3.93. The van der Waals surface area contributed by atoms with E-state index in [9.17, 15) is 13.6 Å². The monoisotopic (exact) mass is 403 g/mol. The molecule has 0 radical (unpaired) electrons. The van der Waals surface area contributed by atoms with Crippen LogP contribution in [0.5, 0.6) is 0 Å². The van der Waals surface area contributed by atoms with Crippen LogP contribution in [0.3, 0.4) is 0 Å². The Morgan fingerprint density at radius 3 is 2.38 bits per heavy atom. The normalized spacial score (nSPS) is 14.0. The maximum absolute atomic E-state index is 12.9. The van der Waals surface area contributed by atoms with Crippen molar-refractivity contribution in [1.29, 1.82) is 0 Å². The van der Waals surface area contributed by atoms with Gasteiger partial charge in [-0.15, -0.1) is 0 Å². The lowest BCUT2D eigenvalue weighted by molar-refractivity contribution is -0.124. The maximum Gasteiger partial charge on any atom is 0.283 e. The van der Waals surface area contributed by atoms with Crippen LogP contribution in [0.1, 0.15) is 55.0 Å². The molecule has 0 saturated carbocycles. The lowest BCUT2D eigenvalue weighted by Crippen LogP contribution is -2.34. The van der Waals surface area contributed by atoms with Crippen LogP contribution in [0.2, 0.25) is 0 Å². The molecule has 0 saturated heterocycles. The van der Waals surface area contributed by atoms with Gasteiger partial charge in [0.2, 0.25) is 5.91 Å². The summed E-state index contributed by atoms with van der Waals surface area (Å²) in [6.07, 6.45) is -0.859. The van der Waals surface area contributed by atoms with Gasteiger partial charge in [0, 0.05) is 18.8 Å². The molecule has 0 spiro atoms. The Labute approximate surface area is 147 Å². The molecular formula is C15H20BrF2N5O. The van der Waals surface area contributed by atoms with E-state index in [2.05, 4.69) is 31.4 Å². The lowest BCUT2D eigenvalue weighted by Gasteiger charge is -2.18. The number of rotatable bonds is 5. The van der Waals surface area contributed by atoms with Crippen LogP contribution in [-0.4, -0.2) is 25.5 Å². The van der Waals surface area contributed by atoms with Crippen LogP contribution in [0.25, 0.3) is 0 Å². The van der Waals surface area contributed by atoms with E-state index in [0.29, 0.717) is 5.69 Å². The highest BCUT2D eigenvalue weighted by molar-refractivity contribution is 9.10. The second kappa shape index (κ2) is 7.00.